The summed E-state index contributed by atoms with van der Waals surface area (Å²) in [6.45, 7) is 8.86. The molecule has 16 nitrogen and oxygen atoms in total. The number of methoxy groups -OCH3 is 1. The summed E-state index contributed by atoms with van der Waals surface area (Å²) in [5, 5.41) is 33.6. The molecule has 0 aliphatic heterocycles. The summed E-state index contributed by atoms with van der Waals surface area (Å²) in [6.07, 6.45) is 1.22. The van der Waals surface area contributed by atoms with Crippen molar-refractivity contribution in [1.82, 2.24) is 0 Å². The Kier molecular flexibility index (Phi) is 14.5. The number of nitrogens with zero attached hydrogens (tertiary/aromatic N) is 5. The van der Waals surface area contributed by atoms with Crippen LogP contribution in [0.4, 0.5) is 34.1 Å². The summed E-state index contributed by atoms with van der Waals surface area (Å²) >= 11 is 3.09. The second-order valence-electron chi connectivity index (χ2n) is 10.2. The Labute approximate surface area is 273 Å². The molecule has 2 aromatic carbocycles. The summed E-state index contributed by atoms with van der Waals surface area (Å²) in [4.78, 5) is 59.8. The number of rotatable bonds is 17. The van der Waals surface area contributed by atoms with Crippen LogP contribution in [-0.4, -0.2) is 61.1 Å². The summed E-state index contributed by atoms with van der Waals surface area (Å²) < 4.78 is 16.4. The zero-order valence-electron chi connectivity index (χ0n) is 26.4. The van der Waals surface area contributed by atoms with E-state index in [-0.39, 0.29) is 77.4 Å². The summed E-state index contributed by atoms with van der Waals surface area (Å²) in [7, 11) is 1.39. The van der Waals surface area contributed by atoms with Crippen LogP contribution >= 0.6 is 15.9 Å². The van der Waals surface area contributed by atoms with E-state index in [1.165, 1.54) is 26.2 Å². The lowest BCUT2D eigenvalue weighted by atomic mass is 10.1. The Hall–Kier alpha value is -4.67. The Bertz CT molecular complexity index is 1460. The van der Waals surface area contributed by atoms with Gasteiger partial charge in [0.1, 0.15) is 24.7 Å². The first-order valence-electron chi connectivity index (χ1n) is 14.4. The van der Waals surface area contributed by atoms with Gasteiger partial charge >= 0.3 is 17.6 Å². The highest BCUT2D eigenvalue weighted by molar-refractivity contribution is 9.10. The number of nitrogens with one attached hydrogen (secondary N) is 1. The van der Waals surface area contributed by atoms with Crippen LogP contribution in [0.1, 0.15) is 47.5 Å². The number of non-ortho nitro benzene ring substituents is 1. The number of carbonyl (C=O) groups is 3. The van der Waals surface area contributed by atoms with E-state index in [4.69, 9.17) is 14.2 Å². The van der Waals surface area contributed by atoms with Crippen LogP contribution in [0.2, 0.25) is 0 Å². The Morgan fingerprint density at radius 3 is 1.96 bits per heavy atom. The molecule has 0 saturated carbocycles. The predicted molar refractivity (Wildman–Crippen MR) is 172 cm³/mol. The van der Waals surface area contributed by atoms with Gasteiger partial charge in [0.05, 0.1) is 63.8 Å². The molecule has 17 heteroatoms. The highest BCUT2D eigenvalue weighted by Gasteiger charge is 2.24. The van der Waals surface area contributed by atoms with Gasteiger partial charge in [0.2, 0.25) is 5.91 Å². The predicted octanol–water partition coefficient (Wildman–Crippen LogP) is 6.63. The second kappa shape index (κ2) is 17.7. The molecular formula is C29H37BrN6O10. The number of esters is 2. The molecule has 0 aromatic heterocycles. The van der Waals surface area contributed by atoms with Crippen LogP contribution in [0.25, 0.3) is 0 Å². The average Bonchev–Trinajstić information content (AvgIpc) is 3.01. The molecule has 0 spiro atoms. The third kappa shape index (κ3) is 10.5. The maximum Gasteiger partial charge on any atom is 0.308 e. The molecule has 0 heterocycles. The van der Waals surface area contributed by atoms with Gasteiger partial charge in [-0.2, -0.15) is 0 Å². The second-order valence-corrected chi connectivity index (χ2v) is 11.0. The van der Waals surface area contributed by atoms with Crippen LogP contribution in [0.15, 0.2) is 39.0 Å². The van der Waals surface area contributed by atoms with Crippen LogP contribution in [0, 0.1) is 32.1 Å². The number of halogens is 1. The van der Waals surface area contributed by atoms with E-state index in [9.17, 15) is 34.6 Å². The van der Waals surface area contributed by atoms with Gasteiger partial charge < -0.3 is 24.4 Å². The fraction of sp³-hybridized carbons (Fsp3) is 0.483. The first kappa shape index (κ1) is 37.5. The van der Waals surface area contributed by atoms with E-state index >= 15 is 0 Å². The minimum absolute atomic E-state index is 0.000402. The maximum atomic E-state index is 12.3. The Morgan fingerprint density at radius 1 is 0.935 bits per heavy atom. The highest BCUT2D eigenvalue weighted by atomic mass is 79.9. The van der Waals surface area contributed by atoms with Crippen LogP contribution in [0.5, 0.6) is 5.75 Å². The van der Waals surface area contributed by atoms with E-state index in [1.807, 2.05) is 13.8 Å². The van der Waals surface area contributed by atoms with Crippen LogP contribution < -0.4 is 15.0 Å². The molecule has 0 radical (unpaired) electrons. The summed E-state index contributed by atoms with van der Waals surface area (Å²) in [5.41, 5.74) is -0.869. The van der Waals surface area contributed by atoms with Gasteiger partial charge in [-0.25, -0.2) is 0 Å². The standard InChI is InChI=1S/C29H37BrN6O10/c1-7-17(3)28(38)45-11-9-34(10-12-46-29(39)18(4)8-2)24-15-22(31-19(5)37)23(16-26(24)44-6)32-33-27-21(30)13-20(35(40)41)14-25(27)36(42)43/h13-18H,7-12H2,1-6H3,(H,31,37). The smallest absolute Gasteiger partial charge is 0.308 e. The number of hydrogen-bond donors (Lipinski definition) is 1. The molecule has 0 aliphatic rings. The topological polar surface area (TPSA) is 205 Å². The SMILES string of the molecule is CCC(C)C(=O)OCCN(CCOC(=O)C(C)CC)c1cc(NC(C)=O)c(N=Nc2c(Br)cc([N+](=O)[O-])cc2[N+](=O)[O-])cc1OC. The number of amides is 1. The van der Waals surface area contributed by atoms with E-state index < -0.39 is 27.1 Å². The fourth-order valence-electron chi connectivity index (χ4n) is 3.84. The van der Waals surface area contributed by atoms with E-state index in [2.05, 4.69) is 31.5 Å². The van der Waals surface area contributed by atoms with Crippen molar-refractivity contribution in [2.45, 2.75) is 47.5 Å². The maximum absolute atomic E-state index is 12.3. The van der Waals surface area contributed by atoms with Crippen molar-refractivity contribution in [3.63, 3.8) is 0 Å². The summed E-state index contributed by atoms with van der Waals surface area (Å²) in [6, 6.07) is 4.77. The lowest BCUT2D eigenvalue weighted by Gasteiger charge is -2.27. The average molecular weight is 710 g/mol. The summed E-state index contributed by atoms with van der Waals surface area (Å²) in [5.74, 6) is -1.53. The molecule has 0 aliphatic carbocycles. The molecule has 0 saturated heterocycles. The number of ether oxygens (including phenoxy) is 3. The molecule has 46 heavy (non-hydrogen) atoms. The van der Waals surface area contributed by atoms with Crippen molar-refractivity contribution in [2.75, 3.05) is 43.6 Å². The Balaban J connectivity index is 2.57. The van der Waals surface area contributed by atoms with Gasteiger partial charge in [-0.1, -0.05) is 27.7 Å². The first-order chi connectivity index (χ1) is 21.7. The quantitative estimate of drug-likeness (QED) is 0.0798. The minimum atomic E-state index is -0.829. The minimum Gasteiger partial charge on any atom is -0.494 e. The number of azo groups is 1. The molecule has 1 amide bonds. The molecule has 2 atom stereocenters. The third-order valence-electron chi connectivity index (χ3n) is 6.88. The van der Waals surface area contributed by atoms with Gasteiger partial charge in [-0.3, -0.25) is 34.6 Å². The molecule has 2 aromatic rings. The lowest BCUT2D eigenvalue weighted by molar-refractivity contribution is -0.393. The number of carbonyl (C=O) groups excluding carboxylic acids is 3. The van der Waals surface area contributed by atoms with Gasteiger partial charge in [-0.15, -0.1) is 10.2 Å². The lowest BCUT2D eigenvalue weighted by Crippen LogP contribution is -2.33. The number of anilines is 2. The van der Waals surface area contributed by atoms with Crippen molar-refractivity contribution in [3.8, 4) is 5.75 Å². The largest absolute Gasteiger partial charge is 0.494 e. The monoisotopic (exact) mass is 708 g/mol. The van der Waals surface area contributed by atoms with Crippen molar-refractivity contribution < 1.29 is 38.4 Å². The van der Waals surface area contributed by atoms with Crippen LogP contribution in [-0.2, 0) is 23.9 Å². The van der Waals surface area contributed by atoms with E-state index in [1.54, 1.807) is 18.7 Å². The van der Waals surface area contributed by atoms with Crippen molar-refractivity contribution in [3.05, 3.63) is 49.0 Å². The molecule has 2 rings (SSSR count). The number of nitro benzene ring substituents is 2. The molecule has 0 fully saturated rings. The first-order valence-corrected chi connectivity index (χ1v) is 15.1. The van der Waals surface area contributed by atoms with E-state index in [0.29, 0.717) is 18.5 Å². The molecule has 2 unspecified atom stereocenters. The van der Waals surface area contributed by atoms with Gasteiger partial charge in [0.15, 0.2) is 5.69 Å². The number of nitro groups is 2. The zero-order valence-corrected chi connectivity index (χ0v) is 28.0. The van der Waals surface area contributed by atoms with Gasteiger partial charge in [0, 0.05) is 19.1 Å². The number of hydrogen-bond acceptors (Lipinski definition) is 13. The Morgan fingerprint density at radius 2 is 1.50 bits per heavy atom. The highest BCUT2D eigenvalue weighted by Crippen LogP contribution is 2.43. The molecule has 250 valence electrons. The van der Waals surface area contributed by atoms with Crippen molar-refractivity contribution >= 4 is 67.9 Å². The normalized spacial score (nSPS) is 12.2. The van der Waals surface area contributed by atoms with Crippen molar-refractivity contribution in [2.24, 2.45) is 22.1 Å². The molecular weight excluding hydrogens is 672 g/mol. The van der Waals surface area contributed by atoms with Gasteiger partial charge in [0.25, 0.3) is 5.69 Å². The van der Waals surface area contributed by atoms with Crippen LogP contribution in [0.3, 0.4) is 0 Å². The van der Waals surface area contributed by atoms with Gasteiger partial charge in [-0.05, 0) is 34.8 Å². The van der Waals surface area contributed by atoms with Crippen molar-refractivity contribution in [1.29, 1.82) is 0 Å². The molecule has 0 bridgehead atoms. The fourth-order valence-corrected chi connectivity index (χ4v) is 4.36. The zero-order chi connectivity index (χ0) is 34.6. The number of benzene rings is 2. The third-order valence-corrected chi connectivity index (χ3v) is 7.49. The van der Waals surface area contributed by atoms with E-state index in [0.717, 1.165) is 12.1 Å². The molecule has 1 N–H and O–H groups in total.